The molecule has 3 aromatic heterocycles. The highest BCUT2D eigenvalue weighted by Crippen LogP contribution is 2.23. The molecule has 0 saturated carbocycles. The van der Waals surface area contributed by atoms with E-state index in [4.69, 9.17) is 0 Å². The van der Waals surface area contributed by atoms with Crippen LogP contribution in [0.3, 0.4) is 0 Å². The molecule has 0 spiro atoms. The van der Waals surface area contributed by atoms with Gasteiger partial charge in [-0.25, -0.2) is 9.48 Å². The van der Waals surface area contributed by atoms with Gasteiger partial charge in [-0.3, -0.25) is 19.3 Å². The third-order valence-corrected chi connectivity index (χ3v) is 3.36. The number of rotatable bonds is 1. The highest BCUT2D eigenvalue weighted by molar-refractivity contribution is 5.81. The molecule has 1 aliphatic rings. The van der Waals surface area contributed by atoms with E-state index in [1.165, 1.54) is 10.8 Å². The van der Waals surface area contributed by atoms with Crippen LogP contribution < -0.4 is 11.2 Å². The van der Waals surface area contributed by atoms with Gasteiger partial charge in [0, 0.05) is 24.5 Å². The lowest BCUT2D eigenvalue weighted by atomic mass is 10.2. The van der Waals surface area contributed by atoms with Gasteiger partial charge in [0.2, 0.25) is 0 Å². The summed E-state index contributed by atoms with van der Waals surface area (Å²) < 4.78 is 3.09. The maximum absolute atomic E-state index is 11.8. The van der Waals surface area contributed by atoms with E-state index in [0.717, 1.165) is 11.3 Å². The van der Waals surface area contributed by atoms with E-state index in [2.05, 4.69) is 15.1 Å². The standard InChI is InChI=1S/C13H9N5O2/c19-11-9-7-15-18-10(8-2-1-4-14-6-8)3-5-17(12(9)18)13(20)16-11/h1-4,6-7H,5H2,(H,16,19,20). The quantitative estimate of drug-likeness (QED) is 0.681. The summed E-state index contributed by atoms with van der Waals surface area (Å²) >= 11 is 0. The third kappa shape index (κ3) is 1.34. The number of nitrogens with zero attached hydrogens (tertiary/aromatic N) is 4. The Morgan fingerprint density at radius 3 is 2.95 bits per heavy atom. The second-order valence-corrected chi connectivity index (χ2v) is 4.49. The van der Waals surface area contributed by atoms with Gasteiger partial charge in [-0.15, -0.1) is 0 Å². The molecule has 4 heterocycles. The van der Waals surface area contributed by atoms with Crippen LogP contribution in [-0.4, -0.2) is 24.3 Å². The fourth-order valence-electron chi connectivity index (χ4n) is 2.45. The Balaban J connectivity index is 2.08. The van der Waals surface area contributed by atoms with Crippen LogP contribution in [0.4, 0.5) is 0 Å². The van der Waals surface area contributed by atoms with Crippen molar-refractivity contribution in [2.75, 3.05) is 0 Å². The minimum absolute atomic E-state index is 0.391. The average Bonchev–Trinajstić information content (AvgIpc) is 2.91. The van der Waals surface area contributed by atoms with Crippen molar-refractivity contribution in [1.82, 2.24) is 24.3 Å². The molecule has 20 heavy (non-hydrogen) atoms. The number of hydrogen-bond acceptors (Lipinski definition) is 4. The van der Waals surface area contributed by atoms with Crippen molar-refractivity contribution >= 4 is 16.7 Å². The van der Waals surface area contributed by atoms with Crippen molar-refractivity contribution in [3.8, 4) is 0 Å². The Kier molecular flexibility index (Phi) is 2.06. The van der Waals surface area contributed by atoms with Gasteiger partial charge in [0.05, 0.1) is 11.9 Å². The van der Waals surface area contributed by atoms with Gasteiger partial charge in [0.1, 0.15) is 5.39 Å². The van der Waals surface area contributed by atoms with Gasteiger partial charge in [-0.1, -0.05) is 0 Å². The summed E-state index contributed by atoms with van der Waals surface area (Å²) in [5, 5.41) is 4.63. The third-order valence-electron chi connectivity index (χ3n) is 3.36. The molecular weight excluding hydrogens is 258 g/mol. The van der Waals surface area contributed by atoms with Crippen LogP contribution in [0.15, 0.2) is 46.4 Å². The van der Waals surface area contributed by atoms with Gasteiger partial charge in [-0.2, -0.15) is 5.10 Å². The van der Waals surface area contributed by atoms with Crippen LogP contribution in [0.2, 0.25) is 0 Å². The van der Waals surface area contributed by atoms with E-state index < -0.39 is 11.2 Å². The normalized spacial score (nSPS) is 13.5. The van der Waals surface area contributed by atoms with Gasteiger partial charge in [0.15, 0.2) is 5.65 Å². The summed E-state index contributed by atoms with van der Waals surface area (Å²) in [6.45, 7) is 0.391. The summed E-state index contributed by atoms with van der Waals surface area (Å²) in [6, 6.07) is 3.74. The molecule has 0 aromatic carbocycles. The number of H-pyrrole nitrogens is 1. The van der Waals surface area contributed by atoms with Crippen molar-refractivity contribution in [2.45, 2.75) is 6.54 Å². The maximum Gasteiger partial charge on any atom is 0.330 e. The fraction of sp³-hybridized carbons (Fsp3) is 0.0769. The average molecular weight is 267 g/mol. The van der Waals surface area contributed by atoms with Crippen LogP contribution in [-0.2, 0) is 6.54 Å². The van der Waals surface area contributed by atoms with Gasteiger partial charge >= 0.3 is 5.69 Å². The zero-order valence-corrected chi connectivity index (χ0v) is 10.3. The molecule has 3 aromatic rings. The largest absolute Gasteiger partial charge is 0.330 e. The molecule has 0 atom stereocenters. The van der Waals surface area contributed by atoms with Crippen LogP contribution in [0.1, 0.15) is 5.56 Å². The zero-order valence-electron chi connectivity index (χ0n) is 10.3. The number of allylic oxidation sites excluding steroid dienone is 1. The van der Waals surface area contributed by atoms with E-state index in [1.807, 2.05) is 18.2 Å². The number of hydrogen-bond donors (Lipinski definition) is 1. The summed E-state index contributed by atoms with van der Waals surface area (Å²) in [5.74, 6) is 0. The zero-order chi connectivity index (χ0) is 13.7. The predicted octanol–water partition coefficient (Wildman–Crippen LogP) is 0.184. The molecule has 7 heteroatoms. The first-order valence-corrected chi connectivity index (χ1v) is 6.07. The Bertz CT molecular complexity index is 962. The maximum atomic E-state index is 11.8. The van der Waals surface area contributed by atoms with E-state index in [-0.39, 0.29) is 0 Å². The monoisotopic (exact) mass is 267 g/mol. The molecule has 1 N–H and O–H groups in total. The van der Waals surface area contributed by atoms with E-state index in [1.54, 1.807) is 17.1 Å². The first kappa shape index (κ1) is 10.9. The Hall–Kier alpha value is -2.96. The number of aromatic amines is 1. The minimum atomic E-state index is -0.425. The van der Waals surface area contributed by atoms with Crippen LogP contribution >= 0.6 is 0 Å². The van der Waals surface area contributed by atoms with E-state index in [0.29, 0.717) is 17.6 Å². The minimum Gasteiger partial charge on any atom is -0.273 e. The van der Waals surface area contributed by atoms with E-state index in [9.17, 15) is 9.59 Å². The Labute approximate surface area is 111 Å². The SMILES string of the molecule is O=c1[nH]c(=O)n2c3c1cnn3C(c1cccnc1)=CC2. The van der Waals surface area contributed by atoms with Crippen LogP contribution in [0.25, 0.3) is 16.7 Å². The molecule has 98 valence electrons. The fourth-order valence-corrected chi connectivity index (χ4v) is 2.45. The highest BCUT2D eigenvalue weighted by atomic mass is 16.2. The smallest absolute Gasteiger partial charge is 0.273 e. The second kappa shape index (κ2) is 3.77. The number of nitrogens with one attached hydrogen (secondary N) is 1. The van der Waals surface area contributed by atoms with Crippen molar-refractivity contribution in [2.24, 2.45) is 0 Å². The summed E-state index contributed by atoms with van der Waals surface area (Å²) in [7, 11) is 0. The molecule has 4 rings (SSSR count). The Morgan fingerprint density at radius 1 is 1.25 bits per heavy atom. The molecular formula is C13H9N5O2. The summed E-state index contributed by atoms with van der Waals surface area (Å²) in [6.07, 6.45) is 6.77. The van der Waals surface area contributed by atoms with Crippen molar-refractivity contribution in [1.29, 1.82) is 0 Å². The number of aromatic nitrogens is 5. The first-order chi connectivity index (χ1) is 9.75. The molecule has 0 bridgehead atoms. The summed E-state index contributed by atoms with van der Waals surface area (Å²) in [5.41, 5.74) is 1.38. The van der Waals surface area contributed by atoms with Crippen LogP contribution in [0, 0.1) is 0 Å². The lowest BCUT2D eigenvalue weighted by molar-refractivity contribution is 0.719. The molecule has 0 aliphatic carbocycles. The van der Waals surface area contributed by atoms with Gasteiger partial charge in [-0.05, 0) is 18.2 Å². The molecule has 7 nitrogen and oxygen atoms in total. The molecule has 0 radical (unpaired) electrons. The Morgan fingerprint density at radius 2 is 2.15 bits per heavy atom. The lowest BCUT2D eigenvalue weighted by Gasteiger charge is -2.17. The van der Waals surface area contributed by atoms with Crippen molar-refractivity contribution < 1.29 is 0 Å². The molecule has 0 saturated heterocycles. The highest BCUT2D eigenvalue weighted by Gasteiger charge is 2.19. The van der Waals surface area contributed by atoms with Crippen LogP contribution in [0.5, 0.6) is 0 Å². The lowest BCUT2D eigenvalue weighted by Crippen LogP contribution is -2.32. The van der Waals surface area contributed by atoms with Gasteiger partial charge < -0.3 is 0 Å². The second-order valence-electron chi connectivity index (χ2n) is 4.49. The molecule has 0 fully saturated rings. The molecule has 0 amide bonds. The number of pyridine rings is 1. The topological polar surface area (TPSA) is 85.6 Å². The molecule has 0 unspecified atom stereocenters. The predicted molar refractivity (Wildman–Crippen MR) is 72.2 cm³/mol. The van der Waals surface area contributed by atoms with Crippen molar-refractivity contribution in [3.05, 3.63) is 63.2 Å². The molecule has 1 aliphatic heterocycles. The van der Waals surface area contributed by atoms with Crippen molar-refractivity contribution in [3.63, 3.8) is 0 Å². The van der Waals surface area contributed by atoms with E-state index >= 15 is 0 Å². The first-order valence-electron chi connectivity index (χ1n) is 6.07. The van der Waals surface area contributed by atoms with Gasteiger partial charge in [0.25, 0.3) is 5.56 Å². The summed E-state index contributed by atoms with van der Waals surface area (Å²) in [4.78, 5) is 30.0.